The van der Waals surface area contributed by atoms with Crippen molar-refractivity contribution in [3.8, 4) is 0 Å². The summed E-state index contributed by atoms with van der Waals surface area (Å²) in [6, 6.07) is -0.178. The maximum atomic E-state index is 12.2. The molecule has 21 heavy (non-hydrogen) atoms. The standard InChI is InChI=1S/C13H24N4O3S/c1-5-6-7-17-11(14)10(12(18)16(3)13(17)19)15-9(2)8-21(4)20/h9,15H,5-8,14H2,1-4H3. The number of unbranched alkanes of at least 4 members (excludes halogenated alkanes) is 1. The molecule has 1 aromatic rings. The van der Waals surface area contributed by atoms with Crippen molar-refractivity contribution in [1.82, 2.24) is 9.13 Å². The molecular formula is C13H24N4O3S. The Kier molecular flexibility index (Phi) is 6.19. The lowest BCUT2D eigenvalue weighted by molar-refractivity contribution is 0.575. The van der Waals surface area contributed by atoms with Crippen LogP contribution in [0.3, 0.4) is 0 Å². The molecule has 8 heteroatoms. The molecule has 0 bridgehead atoms. The molecule has 0 amide bonds. The van der Waals surface area contributed by atoms with E-state index >= 15 is 0 Å². The van der Waals surface area contributed by atoms with E-state index in [2.05, 4.69) is 5.32 Å². The van der Waals surface area contributed by atoms with Crippen LogP contribution >= 0.6 is 0 Å². The summed E-state index contributed by atoms with van der Waals surface area (Å²) in [6.45, 7) is 4.31. The first kappa shape index (κ1) is 17.5. The molecule has 3 N–H and O–H groups in total. The molecule has 7 nitrogen and oxygen atoms in total. The number of hydrogen-bond donors (Lipinski definition) is 2. The van der Waals surface area contributed by atoms with Crippen LogP contribution in [0.25, 0.3) is 0 Å². The minimum atomic E-state index is -0.983. The van der Waals surface area contributed by atoms with E-state index in [-0.39, 0.29) is 17.5 Å². The first-order valence-corrected chi connectivity index (χ1v) is 8.68. The van der Waals surface area contributed by atoms with E-state index in [9.17, 15) is 13.8 Å². The van der Waals surface area contributed by atoms with Crippen molar-refractivity contribution >= 4 is 22.3 Å². The molecule has 0 aliphatic carbocycles. The lowest BCUT2D eigenvalue weighted by atomic mass is 10.3. The topological polar surface area (TPSA) is 99.1 Å². The third-order valence-corrected chi connectivity index (χ3v) is 4.16. The van der Waals surface area contributed by atoms with Gasteiger partial charge in [-0.25, -0.2) is 4.79 Å². The maximum absolute atomic E-state index is 12.2. The highest BCUT2D eigenvalue weighted by Gasteiger charge is 2.17. The Hall–Kier alpha value is -1.57. The van der Waals surface area contributed by atoms with Gasteiger partial charge in [0.15, 0.2) is 0 Å². The van der Waals surface area contributed by atoms with Gasteiger partial charge in [-0.05, 0) is 13.3 Å². The fourth-order valence-electron chi connectivity index (χ4n) is 2.09. The Morgan fingerprint density at radius 2 is 2.00 bits per heavy atom. The molecule has 0 saturated carbocycles. The number of aromatic nitrogens is 2. The molecule has 0 radical (unpaired) electrons. The number of hydrogen-bond acceptors (Lipinski definition) is 5. The third kappa shape index (κ3) is 4.20. The summed E-state index contributed by atoms with van der Waals surface area (Å²) in [5.41, 5.74) is 5.31. The molecule has 0 aliphatic rings. The predicted molar refractivity (Wildman–Crippen MR) is 87.3 cm³/mol. The molecule has 1 rings (SSSR count). The van der Waals surface area contributed by atoms with Crippen molar-refractivity contribution in [2.75, 3.05) is 23.1 Å². The first-order valence-electron chi connectivity index (χ1n) is 6.95. The quantitative estimate of drug-likeness (QED) is 0.744. The van der Waals surface area contributed by atoms with Crippen molar-refractivity contribution < 1.29 is 4.21 Å². The summed E-state index contributed by atoms with van der Waals surface area (Å²) in [5.74, 6) is 0.543. The van der Waals surface area contributed by atoms with Gasteiger partial charge in [-0.15, -0.1) is 0 Å². The molecular weight excluding hydrogens is 292 g/mol. The van der Waals surface area contributed by atoms with Crippen LogP contribution in [0.4, 0.5) is 11.5 Å². The lowest BCUT2D eigenvalue weighted by Crippen LogP contribution is -2.42. The molecule has 1 aromatic heterocycles. The lowest BCUT2D eigenvalue weighted by Gasteiger charge is -2.19. The van der Waals surface area contributed by atoms with Crippen molar-refractivity contribution in [2.24, 2.45) is 7.05 Å². The Balaban J connectivity index is 3.25. The van der Waals surface area contributed by atoms with Gasteiger partial charge in [-0.3, -0.25) is 18.1 Å². The summed E-state index contributed by atoms with van der Waals surface area (Å²) in [6.07, 6.45) is 3.32. The zero-order valence-corrected chi connectivity index (χ0v) is 13.8. The van der Waals surface area contributed by atoms with Gasteiger partial charge in [0.1, 0.15) is 11.5 Å². The van der Waals surface area contributed by atoms with E-state index < -0.39 is 22.0 Å². The van der Waals surface area contributed by atoms with Gasteiger partial charge in [0.05, 0.1) is 0 Å². The molecule has 0 spiro atoms. The number of nitrogen functional groups attached to an aromatic ring is 1. The molecule has 0 saturated heterocycles. The fourth-order valence-corrected chi connectivity index (χ4v) is 2.88. The molecule has 0 fully saturated rings. The normalized spacial score (nSPS) is 13.9. The second-order valence-electron chi connectivity index (χ2n) is 5.20. The van der Waals surface area contributed by atoms with Crippen molar-refractivity contribution in [1.29, 1.82) is 0 Å². The van der Waals surface area contributed by atoms with Gasteiger partial charge in [0.2, 0.25) is 0 Å². The summed E-state index contributed by atoms with van der Waals surface area (Å²) in [5, 5.41) is 2.98. The highest BCUT2D eigenvalue weighted by molar-refractivity contribution is 7.84. The Morgan fingerprint density at radius 1 is 1.38 bits per heavy atom. The summed E-state index contributed by atoms with van der Waals surface area (Å²) >= 11 is 0. The SMILES string of the molecule is CCCCn1c(N)c(NC(C)CS(C)=O)c(=O)n(C)c1=O. The van der Waals surface area contributed by atoms with Crippen LogP contribution in [0.5, 0.6) is 0 Å². The van der Waals surface area contributed by atoms with E-state index in [4.69, 9.17) is 5.73 Å². The minimum absolute atomic E-state index is 0.144. The number of nitrogens with one attached hydrogen (secondary N) is 1. The Bertz CT molecular complexity index is 636. The van der Waals surface area contributed by atoms with Gasteiger partial charge in [0, 0.05) is 42.4 Å². The smallest absolute Gasteiger partial charge is 0.332 e. The molecule has 2 atom stereocenters. The highest BCUT2D eigenvalue weighted by atomic mass is 32.2. The second kappa shape index (κ2) is 7.44. The largest absolute Gasteiger partial charge is 0.383 e. The zero-order chi connectivity index (χ0) is 16.2. The van der Waals surface area contributed by atoms with Crippen LogP contribution in [0.1, 0.15) is 26.7 Å². The fraction of sp³-hybridized carbons (Fsp3) is 0.692. The van der Waals surface area contributed by atoms with Gasteiger partial charge in [-0.1, -0.05) is 13.3 Å². The van der Waals surface area contributed by atoms with E-state index in [1.807, 2.05) is 13.8 Å². The molecule has 2 unspecified atom stereocenters. The average Bonchev–Trinajstić information content (AvgIpc) is 2.40. The number of nitrogens with zero attached hydrogens (tertiary/aromatic N) is 2. The van der Waals surface area contributed by atoms with Crippen LogP contribution in [-0.2, 0) is 24.4 Å². The molecule has 1 heterocycles. The second-order valence-corrected chi connectivity index (χ2v) is 6.68. The van der Waals surface area contributed by atoms with E-state index in [1.54, 1.807) is 6.26 Å². The average molecular weight is 316 g/mol. The first-order chi connectivity index (χ1) is 9.79. The van der Waals surface area contributed by atoms with Crippen LogP contribution in [0.15, 0.2) is 9.59 Å². The minimum Gasteiger partial charge on any atom is -0.383 e. The zero-order valence-electron chi connectivity index (χ0n) is 13.0. The van der Waals surface area contributed by atoms with Gasteiger partial charge in [0.25, 0.3) is 5.56 Å². The van der Waals surface area contributed by atoms with Gasteiger partial charge >= 0.3 is 5.69 Å². The van der Waals surface area contributed by atoms with Crippen molar-refractivity contribution in [2.45, 2.75) is 39.3 Å². The summed E-state index contributed by atoms with van der Waals surface area (Å²) in [4.78, 5) is 24.3. The van der Waals surface area contributed by atoms with Crippen molar-refractivity contribution in [3.05, 3.63) is 20.8 Å². The maximum Gasteiger partial charge on any atom is 0.332 e. The van der Waals surface area contributed by atoms with E-state index in [0.717, 1.165) is 17.4 Å². The molecule has 0 aromatic carbocycles. The number of nitrogens with two attached hydrogens (primary N) is 1. The van der Waals surface area contributed by atoms with Crippen LogP contribution < -0.4 is 22.3 Å². The predicted octanol–water partition coefficient (Wildman–Crippen LogP) is 0.108. The number of anilines is 2. The van der Waals surface area contributed by atoms with Gasteiger partial charge in [-0.2, -0.15) is 0 Å². The van der Waals surface area contributed by atoms with Crippen LogP contribution in [0, 0.1) is 0 Å². The van der Waals surface area contributed by atoms with Gasteiger partial charge < -0.3 is 11.1 Å². The third-order valence-electron chi connectivity index (χ3n) is 3.19. The summed E-state index contributed by atoms with van der Waals surface area (Å²) < 4.78 is 13.7. The summed E-state index contributed by atoms with van der Waals surface area (Å²) in [7, 11) is 0.448. The van der Waals surface area contributed by atoms with Crippen molar-refractivity contribution in [3.63, 3.8) is 0 Å². The van der Waals surface area contributed by atoms with E-state index in [0.29, 0.717) is 12.3 Å². The molecule has 120 valence electrons. The highest BCUT2D eigenvalue weighted by Crippen LogP contribution is 2.13. The monoisotopic (exact) mass is 316 g/mol. The molecule has 0 aliphatic heterocycles. The number of rotatable bonds is 7. The Labute approximate surface area is 126 Å². The van der Waals surface area contributed by atoms with E-state index in [1.165, 1.54) is 11.6 Å². The Morgan fingerprint density at radius 3 is 2.52 bits per heavy atom. The van der Waals surface area contributed by atoms with Crippen LogP contribution in [-0.4, -0.2) is 31.4 Å². The van der Waals surface area contributed by atoms with Crippen LogP contribution in [0.2, 0.25) is 0 Å².